The van der Waals surface area contributed by atoms with Crippen molar-refractivity contribution in [3.8, 4) is 11.3 Å². The molecular weight excluding hydrogens is 262 g/mol. The van der Waals surface area contributed by atoms with Gasteiger partial charge in [0, 0.05) is 12.7 Å². The van der Waals surface area contributed by atoms with Crippen LogP contribution in [0.2, 0.25) is 0 Å². The fourth-order valence-corrected chi connectivity index (χ4v) is 2.81. The van der Waals surface area contributed by atoms with Crippen LogP contribution in [0.4, 0.5) is 0 Å². The molecule has 0 aliphatic carbocycles. The number of hydrogen-bond donors (Lipinski definition) is 1. The van der Waals surface area contributed by atoms with Gasteiger partial charge in [-0.05, 0) is 17.7 Å². The second-order valence-corrected chi connectivity index (χ2v) is 5.03. The molecule has 0 aliphatic rings. The SMILES string of the molecule is OCCn1c(-c2ccccc2)cn2c3ccccc3nc12. The van der Waals surface area contributed by atoms with Gasteiger partial charge in [0.15, 0.2) is 0 Å². The summed E-state index contributed by atoms with van der Waals surface area (Å²) in [6, 6.07) is 18.3. The Labute approximate surface area is 121 Å². The zero-order valence-electron chi connectivity index (χ0n) is 11.5. The normalized spacial score (nSPS) is 11.5. The first-order chi connectivity index (χ1) is 10.4. The fourth-order valence-electron chi connectivity index (χ4n) is 2.81. The number of nitrogens with zero attached hydrogens (tertiary/aromatic N) is 3. The first-order valence-corrected chi connectivity index (χ1v) is 7.01. The van der Waals surface area contributed by atoms with E-state index in [1.807, 2.05) is 36.4 Å². The number of para-hydroxylation sites is 2. The third-order valence-corrected chi connectivity index (χ3v) is 3.75. The van der Waals surface area contributed by atoms with Crippen molar-refractivity contribution in [1.82, 2.24) is 14.0 Å². The molecule has 0 bridgehead atoms. The summed E-state index contributed by atoms with van der Waals surface area (Å²) in [4.78, 5) is 4.69. The van der Waals surface area contributed by atoms with Crippen molar-refractivity contribution in [2.45, 2.75) is 6.54 Å². The van der Waals surface area contributed by atoms with Gasteiger partial charge in [-0.2, -0.15) is 0 Å². The lowest BCUT2D eigenvalue weighted by Crippen LogP contribution is -2.04. The van der Waals surface area contributed by atoms with Gasteiger partial charge < -0.3 is 9.67 Å². The summed E-state index contributed by atoms with van der Waals surface area (Å²) in [5, 5.41) is 9.39. The number of rotatable bonds is 3. The van der Waals surface area contributed by atoms with E-state index in [-0.39, 0.29) is 6.61 Å². The van der Waals surface area contributed by atoms with Gasteiger partial charge in [-0.3, -0.25) is 4.40 Å². The Morgan fingerprint density at radius 1 is 0.952 bits per heavy atom. The standard InChI is InChI=1S/C17H15N3O/c21-11-10-19-16(13-6-2-1-3-7-13)12-20-15-9-5-4-8-14(15)18-17(19)20/h1-9,12,21H,10-11H2. The van der Waals surface area contributed by atoms with Gasteiger partial charge >= 0.3 is 0 Å². The highest BCUT2D eigenvalue weighted by Gasteiger charge is 2.14. The van der Waals surface area contributed by atoms with E-state index >= 15 is 0 Å². The molecule has 0 aliphatic heterocycles. The predicted octanol–water partition coefficient (Wildman–Crippen LogP) is 2.95. The summed E-state index contributed by atoms with van der Waals surface area (Å²) in [6.45, 7) is 0.622. The summed E-state index contributed by atoms with van der Waals surface area (Å²) in [5.74, 6) is 0.865. The van der Waals surface area contributed by atoms with Crippen molar-refractivity contribution in [3.63, 3.8) is 0 Å². The van der Waals surface area contributed by atoms with E-state index in [2.05, 4.69) is 33.4 Å². The summed E-state index contributed by atoms with van der Waals surface area (Å²) in [6.07, 6.45) is 2.09. The third-order valence-electron chi connectivity index (χ3n) is 3.75. The number of aliphatic hydroxyl groups is 1. The van der Waals surface area contributed by atoms with Crippen molar-refractivity contribution in [2.75, 3.05) is 6.61 Å². The number of fused-ring (bicyclic) bond motifs is 3. The van der Waals surface area contributed by atoms with Crippen LogP contribution in [-0.2, 0) is 6.54 Å². The molecule has 0 radical (unpaired) electrons. The van der Waals surface area contributed by atoms with Crippen LogP contribution in [-0.4, -0.2) is 25.7 Å². The Kier molecular flexibility index (Phi) is 2.75. The van der Waals surface area contributed by atoms with Crippen LogP contribution in [0.5, 0.6) is 0 Å². The van der Waals surface area contributed by atoms with Gasteiger partial charge in [0.25, 0.3) is 0 Å². The first kappa shape index (κ1) is 12.2. The average molecular weight is 277 g/mol. The van der Waals surface area contributed by atoms with Crippen LogP contribution in [0, 0.1) is 0 Å². The lowest BCUT2D eigenvalue weighted by atomic mass is 10.2. The maximum Gasteiger partial charge on any atom is 0.215 e. The van der Waals surface area contributed by atoms with Crippen molar-refractivity contribution in [3.05, 3.63) is 60.8 Å². The van der Waals surface area contributed by atoms with Crippen molar-refractivity contribution in [1.29, 1.82) is 0 Å². The number of hydrogen-bond acceptors (Lipinski definition) is 2. The van der Waals surface area contributed by atoms with E-state index < -0.39 is 0 Å². The smallest absolute Gasteiger partial charge is 0.215 e. The van der Waals surface area contributed by atoms with Crippen molar-refractivity contribution >= 4 is 16.8 Å². The molecule has 0 amide bonds. The molecule has 4 aromatic rings. The molecule has 4 rings (SSSR count). The lowest BCUT2D eigenvalue weighted by Gasteiger charge is -2.06. The maximum atomic E-state index is 9.39. The van der Waals surface area contributed by atoms with E-state index in [1.165, 1.54) is 0 Å². The Morgan fingerprint density at radius 2 is 1.71 bits per heavy atom. The minimum Gasteiger partial charge on any atom is -0.395 e. The van der Waals surface area contributed by atoms with E-state index in [4.69, 9.17) is 4.98 Å². The monoisotopic (exact) mass is 277 g/mol. The Bertz CT molecular complexity index is 906. The lowest BCUT2D eigenvalue weighted by molar-refractivity contribution is 0.278. The van der Waals surface area contributed by atoms with Gasteiger partial charge in [0.05, 0.1) is 23.3 Å². The molecule has 2 heterocycles. The van der Waals surface area contributed by atoms with Crippen LogP contribution in [0.15, 0.2) is 60.8 Å². The molecule has 4 heteroatoms. The van der Waals surface area contributed by atoms with Gasteiger partial charge in [-0.15, -0.1) is 0 Å². The summed E-state index contributed by atoms with van der Waals surface area (Å²) in [7, 11) is 0. The van der Waals surface area contributed by atoms with Crippen LogP contribution in [0.3, 0.4) is 0 Å². The molecule has 4 nitrogen and oxygen atoms in total. The van der Waals surface area contributed by atoms with E-state index in [0.717, 1.165) is 28.1 Å². The number of imidazole rings is 2. The maximum absolute atomic E-state index is 9.39. The van der Waals surface area contributed by atoms with Gasteiger partial charge in [-0.1, -0.05) is 42.5 Å². The quantitative estimate of drug-likeness (QED) is 0.625. The number of aliphatic hydroxyl groups excluding tert-OH is 1. The highest BCUT2D eigenvalue weighted by molar-refractivity contribution is 5.81. The molecule has 0 spiro atoms. The highest BCUT2D eigenvalue weighted by Crippen LogP contribution is 2.26. The molecule has 0 unspecified atom stereocenters. The van der Waals surface area contributed by atoms with E-state index in [1.54, 1.807) is 0 Å². The fraction of sp³-hybridized carbons (Fsp3) is 0.118. The van der Waals surface area contributed by atoms with E-state index in [9.17, 15) is 5.11 Å². The molecular formula is C17H15N3O. The van der Waals surface area contributed by atoms with Crippen molar-refractivity contribution in [2.24, 2.45) is 0 Å². The van der Waals surface area contributed by atoms with Crippen molar-refractivity contribution < 1.29 is 5.11 Å². The zero-order valence-corrected chi connectivity index (χ0v) is 11.5. The average Bonchev–Trinajstić information content (AvgIpc) is 3.06. The highest BCUT2D eigenvalue weighted by atomic mass is 16.3. The zero-order chi connectivity index (χ0) is 14.2. The Balaban J connectivity index is 2.04. The van der Waals surface area contributed by atoms with Crippen LogP contribution < -0.4 is 0 Å². The van der Waals surface area contributed by atoms with E-state index in [0.29, 0.717) is 6.54 Å². The van der Waals surface area contributed by atoms with Crippen LogP contribution in [0.1, 0.15) is 0 Å². The summed E-state index contributed by atoms with van der Waals surface area (Å²) < 4.78 is 4.16. The molecule has 2 aromatic carbocycles. The Hall–Kier alpha value is -2.59. The second kappa shape index (κ2) is 4.75. The topological polar surface area (TPSA) is 42.5 Å². The van der Waals surface area contributed by atoms with Gasteiger partial charge in [0.1, 0.15) is 0 Å². The summed E-state index contributed by atoms with van der Waals surface area (Å²) in [5.41, 5.74) is 4.25. The molecule has 104 valence electrons. The molecule has 0 saturated carbocycles. The van der Waals surface area contributed by atoms with Gasteiger partial charge in [-0.25, -0.2) is 4.98 Å². The first-order valence-electron chi connectivity index (χ1n) is 7.01. The molecule has 1 N–H and O–H groups in total. The second-order valence-electron chi connectivity index (χ2n) is 5.03. The minimum absolute atomic E-state index is 0.0907. The van der Waals surface area contributed by atoms with Crippen LogP contribution in [0.25, 0.3) is 28.1 Å². The largest absolute Gasteiger partial charge is 0.395 e. The van der Waals surface area contributed by atoms with Crippen LogP contribution >= 0.6 is 0 Å². The molecule has 0 fully saturated rings. The Morgan fingerprint density at radius 3 is 2.52 bits per heavy atom. The predicted molar refractivity (Wildman–Crippen MR) is 83.2 cm³/mol. The molecule has 21 heavy (non-hydrogen) atoms. The third kappa shape index (κ3) is 1.84. The molecule has 0 atom stereocenters. The minimum atomic E-state index is 0.0907. The summed E-state index contributed by atoms with van der Waals surface area (Å²) >= 11 is 0. The number of aromatic nitrogens is 3. The molecule has 0 saturated heterocycles. The van der Waals surface area contributed by atoms with Gasteiger partial charge in [0.2, 0.25) is 5.78 Å². The number of benzene rings is 2. The molecule has 2 aromatic heterocycles.